The average molecular weight is 988 g/mol. The summed E-state index contributed by atoms with van der Waals surface area (Å²) in [5.74, 6) is 1.76. The van der Waals surface area contributed by atoms with Gasteiger partial charge in [-0.2, -0.15) is 0 Å². The summed E-state index contributed by atoms with van der Waals surface area (Å²) in [6, 6.07) is 65.0. The second kappa shape index (κ2) is 42.1. The first-order chi connectivity index (χ1) is 35.1. The number of rotatable bonds is 6. The van der Waals surface area contributed by atoms with E-state index < -0.39 is 0 Å². The van der Waals surface area contributed by atoms with E-state index in [0.717, 1.165) is 31.3 Å². The largest absolute Gasteiger partial charge is 0.470 e. The van der Waals surface area contributed by atoms with Crippen LogP contribution in [0.2, 0.25) is 0 Å². The van der Waals surface area contributed by atoms with Crippen LogP contribution in [0.1, 0.15) is 130 Å². The van der Waals surface area contributed by atoms with E-state index in [-0.39, 0.29) is 7.40 Å². The van der Waals surface area contributed by atoms with Crippen molar-refractivity contribution < 1.29 is 20.1 Å². The van der Waals surface area contributed by atoms with Crippen LogP contribution in [-0.4, -0.2) is 19.7 Å². The van der Waals surface area contributed by atoms with Crippen molar-refractivity contribution in [2.24, 2.45) is 5.92 Å². The lowest BCUT2D eigenvalue weighted by molar-refractivity contribution is -0.137. The van der Waals surface area contributed by atoms with Crippen molar-refractivity contribution in [1.29, 1.82) is 0 Å². The number of hydrogen-bond acceptors (Lipinski definition) is 4. The van der Waals surface area contributed by atoms with Gasteiger partial charge in [0, 0.05) is 15.0 Å². The molecule has 0 unspecified atom stereocenters. The van der Waals surface area contributed by atoms with Gasteiger partial charge in [0.2, 0.25) is 0 Å². The van der Waals surface area contributed by atoms with Gasteiger partial charge in [-0.05, 0) is 108 Å². The molecule has 394 valence electrons. The number of benzene rings is 7. The molecule has 0 bridgehead atoms. The van der Waals surface area contributed by atoms with E-state index in [4.69, 9.17) is 9.15 Å². The highest BCUT2D eigenvalue weighted by molar-refractivity contribution is 5.82. The molecular weight excluding hydrogens is 893 g/mol. The van der Waals surface area contributed by atoms with Gasteiger partial charge in [0.25, 0.3) is 0 Å². The number of carbonyl (C=O) groups excluding carboxylic acids is 1. The van der Waals surface area contributed by atoms with Crippen LogP contribution in [0, 0.1) is 61.3 Å². The van der Waals surface area contributed by atoms with Crippen molar-refractivity contribution in [1.82, 2.24) is 0 Å². The molecule has 0 saturated heterocycles. The topological polar surface area (TPSA) is 48.7 Å². The Morgan fingerprint density at radius 1 is 0.493 bits per heavy atom. The summed E-state index contributed by atoms with van der Waals surface area (Å²) < 4.78 is 14.4. The molecule has 1 heterocycles. The molecule has 0 radical (unpaired) electrons. The fourth-order valence-electron chi connectivity index (χ4n) is 6.74. The fourth-order valence-corrected chi connectivity index (χ4v) is 6.74. The zero-order valence-electron chi connectivity index (χ0n) is 47.3. The lowest BCUT2D eigenvalue weighted by atomic mass is 9.91. The zero-order valence-corrected chi connectivity index (χ0v) is 47.3. The summed E-state index contributed by atoms with van der Waals surface area (Å²) in [6.07, 6.45) is 12.6. The number of carbonyl (C=O) groups is 1. The second-order valence-electron chi connectivity index (χ2n) is 18.8. The van der Waals surface area contributed by atoms with Gasteiger partial charge in [-0.15, -0.1) is 0 Å². The van der Waals surface area contributed by atoms with Crippen molar-refractivity contribution in [3.63, 3.8) is 0 Å². The molecule has 9 rings (SSSR count). The van der Waals surface area contributed by atoms with E-state index in [1.165, 1.54) is 120 Å². The van der Waals surface area contributed by atoms with Gasteiger partial charge in [0.1, 0.15) is 5.76 Å². The number of fused-ring (bicyclic) bond motifs is 1. The molecule has 0 N–H and O–H groups in total. The predicted molar refractivity (Wildman–Crippen MR) is 319 cm³/mol. The quantitative estimate of drug-likeness (QED) is 0.123. The molecule has 73 heavy (non-hydrogen) atoms. The van der Waals surface area contributed by atoms with Crippen LogP contribution in [0.4, 0.5) is 0 Å². The molecule has 4 heteroatoms. The molecule has 0 atom stereocenters. The second-order valence-corrected chi connectivity index (χ2v) is 18.8. The van der Waals surface area contributed by atoms with E-state index in [0.29, 0.717) is 0 Å². The van der Waals surface area contributed by atoms with E-state index in [1.54, 1.807) is 6.26 Å². The van der Waals surface area contributed by atoms with Gasteiger partial charge >= 0.3 is 5.97 Å². The summed E-state index contributed by atoms with van der Waals surface area (Å²) >= 11 is 0. The molecule has 8 aromatic rings. The molecule has 0 amide bonds. The van der Waals surface area contributed by atoms with E-state index in [9.17, 15) is 4.79 Å². The third-order valence-corrected chi connectivity index (χ3v) is 11.2. The highest BCUT2D eigenvalue weighted by atomic mass is 16.5. The highest BCUT2D eigenvalue weighted by Crippen LogP contribution is 2.22. The van der Waals surface area contributed by atoms with Crippen LogP contribution in [0.25, 0.3) is 10.8 Å². The van der Waals surface area contributed by atoms with Gasteiger partial charge in [-0.3, -0.25) is 4.79 Å². The number of hydrogen-bond donors (Lipinski definition) is 0. The van der Waals surface area contributed by atoms with Crippen LogP contribution in [0.15, 0.2) is 199 Å². The van der Waals surface area contributed by atoms with Crippen molar-refractivity contribution in [3.05, 3.63) is 250 Å². The van der Waals surface area contributed by atoms with Gasteiger partial charge in [-0.1, -0.05) is 274 Å². The fraction of sp³-hybridized carbons (Fsp3) is 0.348. The summed E-state index contributed by atoms with van der Waals surface area (Å²) in [7, 11) is 1.35. The molecule has 1 aliphatic rings. The minimum absolute atomic E-state index is 0. The third-order valence-electron chi connectivity index (χ3n) is 11.2. The summed E-state index contributed by atoms with van der Waals surface area (Å²) in [5.41, 5.74) is 12.0. The monoisotopic (exact) mass is 987 g/mol. The van der Waals surface area contributed by atoms with Gasteiger partial charge in [-0.25, -0.2) is 0 Å². The van der Waals surface area contributed by atoms with Gasteiger partial charge in [0.05, 0.1) is 20.0 Å². The zero-order chi connectivity index (χ0) is 53.9. The summed E-state index contributed by atoms with van der Waals surface area (Å²) in [5, 5.41) is 2.64. The lowest BCUT2D eigenvalue weighted by Gasteiger charge is -2.15. The van der Waals surface area contributed by atoms with E-state index >= 15 is 0 Å². The molecule has 4 nitrogen and oxygen atoms in total. The first kappa shape index (κ1) is 64.5. The maximum atomic E-state index is 9.59. The standard InChI is InChI=1S/C11H16O.C11H10.C9H12.2C8H10.C7H14.C7H8.C5H6O.C3H6O2.H2/c1-3-8-12-9-11-6-4-10(2)5-7-11;1-9-6-7-10-4-2-3-5-11(10)8-9;1-2-6-9-7-4-3-5-8-9;2*1-7-3-5-8(2)6-4-7;2*1-7-5-3-2-4-6-7;1-5-3-2-4-6-5;1-3(4)5-2;/h4-7H,3,8-9H2,1-2H3;2-8H,1H3;3-5,7-8H,2,6H2,1H3;2*3-6H,1-2H3;7H,2-6H2,1H3;2-6H,1H3;2-4H,1H3;1-2H3;1H. The smallest absolute Gasteiger partial charge is 0.302 e. The first-order valence-electron chi connectivity index (χ1n) is 26.4. The number of ether oxygens (including phenoxy) is 2. The Bertz CT molecular complexity index is 2390. The Labute approximate surface area is 445 Å². The number of aryl methyl sites for hydroxylation is 9. The van der Waals surface area contributed by atoms with E-state index in [2.05, 4.69) is 232 Å². The molecule has 1 aliphatic carbocycles. The molecule has 7 aromatic carbocycles. The molecule has 1 saturated carbocycles. The van der Waals surface area contributed by atoms with Crippen LogP contribution in [-0.2, 0) is 27.3 Å². The van der Waals surface area contributed by atoms with Crippen molar-refractivity contribution in [2.45, 2.75) is 141 Å². The van der Waals surface area contributed by atoms with Crippen LogP contribution in [0.5, 0.6) is 0 Å². The number of methoxy groups -OCH3 is 1. The minimum atomic E-state index is -0.245. The molecular formula is C69H94O4. The van der Waals surface area contributed by atoms with Gasteiger partial charge in [0.15, 0.2) is 0 Å². The maximum absolute atomic E-state index is 9.59. The normalized spacial score (nSPS) is 10.9. The Kier molecular flexibility index (Phi) is 37.2. The predicted octanol–water partition coefficient (Wildman–Crippen LogP) is 19.9. The van der Waals surface area contributed by atoms with Crippen LogP contribution >= 0.6 is 0 Å². The summed E-state index contributed by atoms with van der Waals surface area (Å²) in [4.78, 5) is 9.59. The Hall–Kier alpha value is -6.49. The van der Waals surface area contributed by atoms with Crippen molar-refractivity contribution >= 4 is 16.7 Å². The third kappa shape index (κ3) is 37.0. The molecule has 0 spiro atoms. The minimum Gasteiger partial charge on any atom is -0.470 e. The Balaban J connectivity index is 0.000000818. The lowest BCUT2D eigenvalue weighted by Crippen LogP contribution is -1.99. The number of esters is 1. The van der Waals surface area contributed by atoms with Crippen molar-refractivity contribution in [3.8, 4) is 0 Å². The molecule has 0 aliphatic heterocycles. The first-order valence-corrected chi connectivity index (χ1v) is 26.4. The van der Waals surface area contributed by atoms with E-state index in [1.807, 2.05) is 37.3 Å². The Morgan fingerprint density at radius 2 is 0.918 bits per heavy atom. The molecule has 1 fully saturated rings. The maximum Gasteiger partial charge on any atom is 0.302 e. The Morgan fingerprint density at radius 3 is 1.27 bits per heavy atom. The number of furan rings is 1. The summed E-state index contributed by atoms with van der Waals surface area (Å²) in [6.45, 7) is 26.2. The molecule has 1 aromatic heterocycles. The van der Waals surface area contributed by atoms with Crippen molar-refractivity contribution in [2.75, 3.05) is 13.7 Å². The van der Waals surface area contributed by atoms with Crippen LogP contribution in [0.3, 0.4) is 0 Å². The van der Waals surface area contributed by atoms with Crippen LogP contribution < -0.4 is 0 Å². The average Bonchev–Trinajstić information content (AvgIpc) is 3.89. The van der Waals surface area contributed by atoms with Gasteiger partial charge < -0.3 is 13.9 Å². The highest BCUT2D eigenvalue weighted by Gasteiger charge is 2.06. The SMILES string of the molecule is CC1CCCCC1.CCCOCc1ccc(C)cc1.CCCc1ccccc1.COC(C)=O.Cc1ccc(C)cc1.Cc1ccc(C)cc1.Cc1ccc2ccccc2c1.Cc1ccccc1.Cc1ccco1.[HH].